The van der Waals surface area contributed by atoms with Crippen LogP contribution >= 0.6 is 11.8 Å². The van der Waals surface area contributed by atoms with Crippen molar-refractivity contribution in [1.29, 1.82) is 0 Å². The number of nitrogens with zero attached hydrogens (tertiary/aromatic N) is 1. The first-order chi connectivity index (χ1) is 11.9. The first-order valence-electron chi connectivity index (χ1n) is 8.18. The van der Waals surface area contributed by atoms with Gasteiger partial charge in [-0.3, -0.25) is 4.84 Å². The van der Waals surface area contributed by atoms with Gasteiger partial charge in [0.15, 0.2) is 0 Å². The Morgan fingerprint density at radius 3 is 2.00 bits per heavy atom. The van der Waals surface area contributed by atoms with Gasteiger partial charge in [-0.2, -0.15) is 0 Å². The topological polar surface area (TPSA) is 12.5 Å². The Kier molecular flexibility index (Phi) is 4.54. The number of rotatable bonds is 4. The van der Waals surface area contributed by atoms with E-state index in [1.165, 1.54) is 10.5 Å². The predicted molar refractivity (Wildman–Crippen MR) is 99.9 cm³/mol. The summed E-state index contributed by atoms with van der Waals surface area (Å²) >= 11 is 1.78. The number of anilines is 1. The van der Waals surface area contributed by atoms with E-state index < -0.39 is 0 Å². The maximum Gasteiger partial charge on any atom is 0.138 e. The molecule has 3 heteroatoms. The van der Waals surface area contributed by atoms with Gasteiger partial charge in [-0.15, -0.1) is 0 Å². The lowest BCUT2D eigenvalue weighted by molar-refractivity contribution is 0.138. The molecule has 2 nitrogen and oxygen atoms in total. The Morgan fingerprint density at radius 1 is 0.750 bits per heavy atom. The zero-order valence-corrected chi connectivity index (χ0v) is 14.1. The van der Waals surface area contributed by atoms with E-state index in [1.54, 1.807) is 11.8 Å². The van der Waals surface area contributed by atoms with Gasteiger partial charge in [-0.05, 0) is 29.8 Å². The van der Waals surface area contributed by atoms with Gasteiger partial charge in [0.25, 0.3) is 0 Å². The molecule has 24 heavy (non-hydrogen) atoms. The fourth-order valence-corrected chi connectivity index (χ4v) is 4.04. The third kappa shape index (κ3) is 3.32. The zero-order chi connectivity index (χ0) is 16.2. The van der Waals surface area contributed by atoms with E-state index in [0.717, 1.165) is 12.1 Å². The third-order valence-electron chi connectivity index (χ3n) is 4.14. The predicted octanol–water partition coefficient (Wildman–Crippen LogP) is 5.69. The van der Waals surface area contributed by atoms with Gasteiger partial charge < -0.3 is 0 Å². The molecule has 3 aromatic rings. The Labute approximate surface area is 147 Å². The second-order valence-electron chi connectivity index (χ2n) is 5.79. The van der Waals surface area contributed by atoms with Crippen LogP contribution in [-0.4, -0.2) is 5.44 Å². The maximum absolute atomic E-state index is 6.31. The molecule has 2 unspecified atom stereocenters. The highest BCUT2D eigenvalue weighted by molar-refractivity contribution is 7.99. The summed E-state index contributed by atoms with van der Waals surface area (Å²) in [6.07, 6.45) is 0.957. The first kappa shape index (κ1) is 15.3. The van der Waals surface area contributed by atoms with Crippen molar-refractivity contribution in [1.82, 2.24) is 0 Å². The van der Waals surface area contributed by atoms with Crippen molar-refractivity contribution in [3.63, 3.8) is 0 Å². The van der Waals surface area contributed by atoms with Crippen molar-refractivity contribution in [3.05, 3.63) is 96.6 Å². The molecule has 0 amide bonds. The second kappa shape index (κ2) is 7.12. The SMILES string of the molecule is c1ccc(SC2CC(c3ccccc3)N(c3ccccc3)O2)cc1. The highest BCUT2D eigenvalue weighted by atomic mass is 32.2. The lowest BCUT2D eigenvalue weighted by atomic mass is 10.0. The molecule has 0 saturated carbocycles. The van der Waals surface area contributed by atoms with Crippen LogP contribution in [0, 0.1) is 0 Å². The van der Waals surface area contributed by atoms with Crippen LogP contribution in [0.2, 0.25) is 0 Å². The molecule has 120 valence electrons. The quantitative estimate of drug-likeness (QED) is 0.609. The smallest absolute Gasteiger partial charge is 0.138 e. The first-order valence-corrected chi connectivity index (χ1v) is 9.06. The number of hydrogen-bond donors (Lipinski definition) is 0. The van der Waals surface area contributed by atoms with Gasteiger partial charge in [-0.25, -0.2) is 5.06 Å². The van der Waals surface area contributed by atoms with E-state index in [9.17, 15) is 0 Å². The summed E-state index contributed by atoms with van der Waals surface area (Å²) in [5.74, 6) is 0. The summed E-state index contributed by atoms with van der Waals surface area (Å²) in [6.45, 7) is 0. The lowest BCUT2D eigenvalue weighted by Gasteiger charge is -2.25. The maximum atomic E-state index is 6.31. The van der Waals surface area contributed by atoms with E-state index in [1.807, 2.05) is 12.1 Å². The van der Waals surface area contributed by atoms with Crippen LogP contribution in [0.1, 0.15) is 18.0 Å². The molecule has 1 fully saturated rings. The van der Waals surface area contributed by atoms with E-state index in [-0.39, 0.29) is 11.5 Å². The molecule has 0 radical (unpaired) electrons. The van der Waals surface area contributed by atoms with Crippen LogP contribution < -0.4 is 5.06 Å². The van der Waals surface area contributed by atoms with E-state index >= 15 is 0 Å². The largest absolute Gasteiger partial charge is 0.258 e. The van der Waals surface area contributed by atoms with Crippen LogP contribution in [0.25, 0.3) is 0 Å². The van der Waals surface area contributed by atoms with Crippen LogP contribution in [0.15, 0.2) is 95.9 Å². The minimum Gasteiger partial charge on any atom is -0.258 e. The van der Waals surface area contributed by atoms with Crippen molar-refractivity contribution in [3.8, 4) is 0 Å². The summed E-state index contributed by atoms with van der Waals surface area (Å²) in [6, 6.07) is 31.6. The van der Waals surface area contributed by atoms with Crippen LogP contribution in [0.3, 0.4) is 0 Å². The second-order valence-corrected chi connectivity index (χ2v) is 7.02. The number of para-hydroxylation sites is 1. The lowest BCUT2D eigenvalue weighted by Crippen LogP contribution is -2.21. The molecule has 1 aliphatic rings. The molecular weight excluding hydrogens is 314 g/mol. The van der Waals surface area contributed by atoms with E-state index in [0.29, 0.717) is 0 Å². The molecule has 0 bridgehead atoms. The summed E-state index contributed by atoms with van der Waals surface area (Å²) in [4.78, 5) is 7.55. The molecule has 0 N–H and O–H groups in total. The van der Waals surface area contributed by atoms with Crippen molar-refractivity contribution >= 4 is 17.4 Å². The fraction of sp³-hybridized carbons (Fsp3) is 0.143. The van der Waals surface area contributed by atoms with Gasteiger partial charge in [-0.1, -0.05) is 78.5 Å². The highest BCUT2D eigenvalue weighted by Gasteiger charge is 2.35. The molecule has 1 heterocycles. The molecule has 4 rings (SSSR count). The normalized spacial score (nSPS) is 20.2. The summed E-state index contributed by atoms with van der Waals surface area (Å²) in [7, 11) is 0. The van der Waals surface area contributed by atoms with Crippen molar-refractivity contribution in [2.45, 2.75) is 22.8 Å². The Hall–Kier alpha value is -2.23. The monoisotopic (exact) mass is 333 g/mol. The van der Waals surface area contributed by atoms with Crippen molar-refractivity contribution in [2.75, 3.05) is 5.06 Å². The third-order valence-corrected chi connectivity index (χ3v) is 5.22. The number of hydroxylamine groups is 1. The van der Waals surface area contributed by atoms with Crippen LogP contribution in [0.4, 0.5) is 5.69 Å². The van der Waals surface area contributed by atoms with Gasteiger partial charge in [0.2, 0.25) is 0 Å². The molecule has 0 spiro atoms. The minimum atomic E-state index is 0.109. The fourth-order valence-electron chi connectivity index (χ4n) is 3.00. The molecule has 1 saturated heterocycles. The van der Waals surface area contributed by atoms with Crippen LogP contribution in [-0.2, 0) is 4.84 Å². The minimum absolute atomic E-state index is 0.109. The molecule has 3 aromatic carbocycles. The highest BCUT2D eigenvalue weighted by Crippen LogP contribution is 2.43. The molecule has 2 atom stereocenters. The van der Waals surface area contributed by atoms with Gasteiger partial charge >= 0.3 is 0 Å². The number of benzene rings is 3. The van der Waals surface area contributed by atoms with Gasteiger partial charge in [0, 0.05) is 11.3 Å². The average Bonchev–Trinajstić information content (AvgIpc) is 3.08. The van der Waals surface area contributed by atoms with Gasteiger partial charge in [0.1, 0.15) is 5.44 Å². The van der Waals surface area contributed by atoms with Crippen molar-refractivity contribution in [2.24, 2.45) is 0 Å². The van der Waals surface area contributed by atoms with E-state index in [4.69, 9.17) is 4.84 Å². The Bertz CT molecular complexity index is 716. The Balaban J connectivity index is 1.60. The standard InChI is InChI=1S/C21H19NOS/c1-4-10-17(11-5-1)20-16-21(24-19-14-8-3-9-15-19)23-22(20)18-12-6-2-7-13-18/h1-15,20-21H,16H2. The van der Waals surface area contributed by atoms with Gasteiger partial charge in [0.05, 0.1) is 11.7 Å². The number of hydrogen-bond acceptors (Lipinski definition) is 3. The number of thioether (sulfide) groups is 1. The molecule has 0 aromatic heterocycles. The van der Waals surface area contributed by atoms with Crippen molar-refractivity contribution < 1.29 is 4.84 Å². The van der Waals surface area contributed by atoms with Crippen LogP contribution in [0.5, 0.6) is 0 Å². The molecule has 0 aliphatic carbocycles. The summed E-state index contributed by atoms with van der Waals surface area (Å²) in [5, 5.41) is 2.07. The average molecular weight is 333 g/mol. The summed E-state index contributed by atoms with van der Waals surface area (Å²) in [5.41, 5.74) is 2.50. The molecular formula is C21H19NOS. The Morgan fingerprint density at radius 2 is 1.33 bits per heavy atom. The van der Waals surface area contributed by atoms with E-state index in [2.05, 4.69) is 83.9 Å². The summed E-state index contributed by atoms with van der Waals surface area (Å²) < 4.78 is 0. The zero-order valence-electron chi connectivity index (χ0n) is 13.3. The molecule has 1 aliphatic heterocycles.